The van der Waals surface area contributed by atoms with Gasteiger partial charge in [-0.25, -0.2) is 17.6 Å². The molecule has 0 bridgehead atoms. The number of unbranched alkanes of at least 4 members (excludes halogenated alkanes) is 4. The number of hydrogen-bond donors (Lipinski definition) is 2. The van der Waals surface area contributed by atoms with E-state index in [0.29, 0.717) is 31.9 Å². The smallest absolute Gasteiger partial charge is 0.322 e. The Labute approximate surface area is 243 Å². The summed E-state index contributed by atoms with van der Waals surface area (Å²) in [5, 5.41) is 2.95. The summed E-state index contributed by atoms with van der Waals surface area (Å²) in [5.74, 6) is -0.330. The zero-order chi connectivity index (χ0) is 29.2. The Morgan fingerprint density at radius 3 is 2.44 bits per heavy atom. The third-order valence-electron chi connectivity index (χ3n) is 7.26. The van der Waals surface area contributed by atoms with Crippen LogP contribution in [0.4, 0.5) is 20.6 Å². The summed E-state index contributed by atoms with van der Waals surface area (Å²) in [6, 6.07) is 16.7. The van der Waals surface area contributed by atoms with Gasteiger partial charge in [-0.2, -0.15) is 0 Å². The number of ether oxygens (including phenoxy) is 1. The minimum atomic E-state index is -4.01. The molecule has 0 aromatic heterocycles. The molecule has 9 heteroatoms. The predicted octanol–water partition coefficient (Wildman–Crippen LogP) is 7.52. The number of fused-ring (bicyclic) bond motifs is 1. The van der Waals surface area contributed by atoms with E-state index >= 15 is 0 Å². The van der Waals surface area contributed by atoms with E-state index in [9.17, 15) is 17.6 Å². The summed E-state index contributed by atoms with van der Waals surface area (Å²) in [6.07, 6.45) is 8.00. The molecule has 0 radical (unpaired) electrons. The molecule has 220 valence electrons. The van der Waals surface area contributed by atoms with Crippen LogP contribution in [-0.4, -0.2) is 32.5 Å². The number of anilines is 2. The van der Waals surface area contributed by atoms with Crippen LogP contribution in [0.25, 0.3) is 0 Å². The number of carbonyl (C=O) groups excluding carboxylic acids is 1. The van der Waals surface area contributed by atoms with Crippen molar-refractivity contribution >= 4 is 27.4 Å². The molecule has 1 aliphatic heterocycles. The van der Waals surface area contributed by atoms with E-state index in [1.165, 1.54) is 23.8 Å². The number of rotatable bonds is 13. The van der Waals surface area contributed by atoms with E-state index in [0.717, 1.165) is 61.8 Å². The lowest BCUT2D eigenvalue weighted by Gasteiger charge is -2.29. The van der Waals surface area contributed by atoms with Crippen molar-refractivity contribution in [1.29, 1.82) is 0 Å². The van der Waals surface area contributed by atoms with Crippen LogP contribution in [0.2, 0.25) is 0 Å². The maximum absolute atomic E-state index is 14.7. The molecule has 0 unspecified atom stereocenters. The van der Waals surface area contributed by atoms with Crippen molar-refractivity contribution in [2.24, 2.45) is 0 Å². The van der Waals surface area contributed by atoms with E-state index in [1.54, 1.807) is 23.1 Å². The maximum Gasteiger partial charge on any atom is 0.322 e. The zero-order valence-corrected chi connectivity index (χ0v) is 24.7. The Balaban J connectivity index is 1.34. The van der Waals surface area contributed by atoms with Gasteiger partial charge in [-0.05, 0) is 78.8 Å². The Morgan fingerprint density at radius 2 is 1.71 bits per heavy atom. The molecule has 1 heterocycles. The average Bonchev–Trinajstić information content (AvgIpc) is 2.97. The fourth-order valence-corrected chi connectivity index (χ4v) is 5.92. The number of benzene rings is 3. The number of nitrogens with zero attached hydrogens (tertiary/aromatic N) is 1. The molecule has 0 fully saturated rings. The van der Waals surface area contributed by atoms with Crippen LogP contribution in [0.15, 0.2) is 65.6 Å². The van der Waals surface area contributed by atoms with Crippen LogP contribution in [0, 0.1) is 5.82 Å². The standard InChI is InChI=1S/C32H40FN3O4S/c1-3-5-7-8-20-40-28-15-17-31(30(33)22-28)35-41(38,39)29-16-12-26-23-36(19-18-25(26)21-29)32(37)34-27-13-10-24(11-14-27)9-6-4-2/h10-17,21-22,35H,3-9,18-20,23H2,1-2H3,(H,34,37). The van der Waals surface area contributed by atoms with E-state index in [4.69, 9.17) is 4.74 Å². The van der Waals surface area contributed by atoms with Crippen molar-refractivity contribution in [3.05, 3.63) is 83.2 Å². The quantitative estimate of drug-likeness (QED) is 0.204. The summed E-state index contributed by atoms with van der Waals surface area (Å²) in [4.78, 5) is 14.6. The molecule has 0 saturated heterocycles. The molecule has 41 heavy (non-hydrogen) atoms. The summed E-state index contributed by atoms with van der Waals surface area (Å²) in [5.41, 5.74) is 3.59. The van der Waals surface area contributed by atoms with Gasteiger partial charge in [0, 0.05) is 24.8 Å². The highest BCUT2D eigenvalue weighted by Crippen LogP contribution is 2.27. The topological polar surface area (TPSA) is 87.7 Å². The molecule has 0 aliphatic carbocycles. The number of sulfonamides is 1. The van der Waals surface area contributed by atoms with Crippen molar-refractivity contribution in [2.75, 3.05) is 23.2 Å². The van der Waals surface area contributed by atoms with Crippen LogP contribution in [0.1, 0.15) is 69.1 Å². The van der Waals surface area contributed by atoms with Crippen molar-refractivity contribution in [3.8, 4) is 5.75 Å². The molecular formula is C32H40FN3O4S. The van der Waals surface area contributed by atoms with E-state index in [-0.39, 0.29) is 16.6 Å². The monoisotopic (exact) mass is 581 g/mol. The number of hydrogen-bond acceptors (Lipinski definition) is 4. The van der Waals surface area contributed by atoms with E-state index in [1.807, 2.05) is 24.3 Å². The third kappa shape index (κ3) is 8.45. The fourth-order valence-electron chi connectivity index (χ4n) is 4.80. The van der Waals surface area contributed by atoms with Gasteiger partial charge in [0.15, 0.2) is 5.82 Å². The second kappa shape index (κ2) is 14.3. The van der Waals surface area contributed by atoms with Gasteiger partial charge in [0.05, 0.1) is 17.2 Å². The number of halogens is 1. The highest BCUT2D eigenvalue weighted by molar-refractivity contribution is 7.92. The van der Waals surface area contributed by atoms with Gasteiger partial charge in [0.25, 0.3) is 10.0 Å². The van der Waals surface area contributed by atoms with Crippen LogP contribution in [-0.2, 0) is 29.4 Å². The van der Waals surface area contributed by atoms with Gasteiger partial charge >= 0.3 is 6.03 Å². The van der Waals surface area contributed by atoms with Crippen molar-refractivity contribution < 1.29 is 22.3 Å². The highest BCUT2D eigenvalue weighted by Gasteiger charge is 2.24. The summed E-state index contributed by atoms with van der Waals surface area (Å²) in [6.45, 7) is 5.61. The Morgan fingerprint density at radius 1 is 0.927 bits per heavy atom. The minimum Gasteiger partial charge on any atom is -0.493 e. The van der Waals surface area contributed by atoms with Gasteiger partial charge < -0.3 is 15.0 Å². The lowest BCUT2D eigenvalue weighted by molar-refractivity contribution is 0.206. The summed E-state index contributed by atoms with van der Waals surface area (Å²) >= 11 is 0. The van der Waals surface area contributed by atoms with Crippen LogP contribution in [0.5, 0.6) is 5.75 Å². The molecule has 7 nitrogen and oxygen atoms in total. The van der Waals surface area contributed by atoms with Crippen LogP contribution < -0.4 is 14.8 Å². The second-order valence-electron chi connectivity index (χ2n) is 10.5. The molecular weight excluding hydrogens is 541 g/mol. The SMILES string of the molecule is CCCCCCOc1ccc(NS(=O)(=O)c2ccc3c(c2)CCN(C(=O)Nc2ccc(CCCC)cc2)C3)c(F)c1. The normalized spacial score (nSPS) is 13.0. The van der Waals surface area contributed by atoms with Gasteiger partial charge in [-0.1, -0.05) is 57.7 Å². The molecule has 3 aromatic carbocycles. The minimum absolute atomic E-state index is 0.0490. The number of amides is 2. The largest absolute Gasteiger partial charge is 0.493 e. The van der Waals surface area contributed by atoms with Crippen LogP contribution in [0.3, 0.4) is 0 Å². The molecule has 1 aliphatic rings. The molecule has 3 aromatic rings. The van der Waals surface area contributed by atoms with E-state index < -0.39 is 15.8 Å². The molecule has 0 saturated carbocycles. The molecule has 0 atom stereocenters. The molecule has 0 spiro atoms. The maximum atomic E-state index is 14.7. The van der Waals surface area contributed by atoms with Crippen molar-refractivity contribution in [1.82, 2.24) is 4.90 Å². The van der Waals surface area contributed by atoms with Gasteiger partial charge in [0.1, 0.15) is 5.75 Å². The number of aryl methyl sites for hydroxylation is 1. The third-order valence-corrected chi connectivity index (χ3v) is 8.63. The van der Waals surface area contributed by atoms with Gasteiger partial charge in [0.2, 0.25) is 0 Å². The first kappa shape index (κ1) is 30.4. The second-order valence-corrected chi connectivity index (χ2v) is 12.2. The number of nitrogens with one attached hydrogen (secondary N) is 2. The molecule has 2 amide bonds. The zero-order valence-electron chi connectivity index (χ0n) is 23.9. The lowest BCUT2D eigenvalue weighted by atomic mass is 10.0. The first-order chi connectivity index (χ1) is 19.8. The average molecular weight is 582 g/mol. The number of urea groups is 1. The summed E-state index contributed by atoms with van der Waals surface area (Å²) < 4.78 is 48.8. The predicted molar refractivity (Wildman–Crippen MR) is 161 cm³/mol. The molecule has 2 N–H and O–H groups in total. The molecule has 4 rings (SSSR count). The Bertz CT molecular complexity index is 1430. The first-order valence-electron chi connectivity index (χ1n) is 14.5. The van der Waals surface area contributed by atoms with Crippen molar-refractivity contribution in [3.63, 3.8) is 0 Å². The Hall–Kier alpha value is -3.59. The number of carbonyl (C=O) groups is 1. The summed E-state index contributed by atoms with van der Waals surface area (Å²) in [7, 11) is -4.01. The highest BCUT2D eigenvalue weighted by atomic mass is 32.2. The fraction of sp³-hybridized carbons (Fsp3) is 0.406. The first-order valence-corrected chi connectivity index (χ1v) is 16.0. The van der Waals surface area contributed by atoms with Gasteiger partial charge in [-0.15, -0.1) is 0 Å². The Kier molecular flexibility index (Phi) is 10.6. The van der Waals surface area contributed by atoms with Crippen LogP contribution >= 0.6 is 0 Å². The lowest BCUT2D eigenvalue weighted by Crippen LogP contribution is -2.39. The van der Waals surface area contributed by atoms with E-state index in [2.05, 4.69) is 23.9 Å². The van der Waals surface area contributed by atoms with Crippen molar-refractivity contribution in [2.45, 2.75) is 76.7 Å². The van der Waals surface area contributed by atoms with Gasteiger partial charge in [-0.3, -0.25) is 4.72 Å².